The second kappa shape index (κ2) is 4.85. The largest absolute Gasteiger partial charge is 0.353 e. The molecule has 4 rings (SSSR count). The molecule has 3 heterocycles. The van der Waals surface area contributed by atoms with E-state index in [4.69, 9.17) is 6.42 Å². The Labute approximate surface area is 128 Å². The number of hydrogen-bond acceptors (Lipinski definition) is 4. The minimum atomic E-state index is 0.329. The summed E-state index contributed by atoms with van der Waals surface area (Å²) in [7, 11) is 0. The van der Waals surface area contributed by atoms with Gasteiger partial charge in [-0.25, -0.2) is 0 Å². The van der Waals surface area contributed by atoms with Crippen LogP contribution < -0.4 is 4.90 Å². The van der Waals surface area contributed by atoms with Crippen LogP contribution in [0.1, 0.15) is 5.56 Å². The Hall–Kier alpha value is -2.87. The molecule has 1 aliphatic heterocycles. The first-order valence-electron chi connectivity index (χ1n) is 7.25. The summed E-state index contributed by atoms with van der Waals surface area (Å²) in [5.41, 5.74) is 2.97. The molecule has 5 nitrogen and oxygen atoms in total. The van der Waals surface area contributed by atoms with Crippen LogP contribution in [0.3, 0.4) is 0 Å². The van der Waals surface area contributed by atoms with Crippen molar-refractivity contribution in [3.05, 3.63) is 42.0 Å². The van der Waals surface area contributed by atoms with E-state index < -0.39 is 0 Å². The fourth-order valence-electron chi connectivity index (χ4n) is 2.60. The average molecular weight is 289 g/mol. The Morgan fingerprint density at radius 3 is 2.59 bits per heavy atom. The number of nitrogens with zero attached hydrogens (tertiary/aromatic N) is 5. The molecule has 2 aromatic heterocycles. The Kier molecular flexibility index (Phi) is 2.83. The predicted octanol–water partition coefficient (Wildman–Crippen LogP) is 2.17. The molecule has 1 aliphatic rings. The van der Waals surface area contributed by atoms with Gasteiger partial charge in [-0.1, -0.05) is 35.7 Å². The maximum Gasteiger partial charge on any atom is 0.185 e. The van der Waals surface area contributed by atoms with Crippen LogP contribution in [0, 0.1) is 25.2 Å². The van der Waals surface area contributed by atoms with Gasteiger partial charge in [0, 0.05) is 18.7 Å². The fourth-order valence-corrected chi connectivity index (χ4v) is 2.60. The molecule has 0 amide bonds. The number of hydrogen-bond donors (Lipinski definition) is 0. The Morgan fingerprint density at radius 2 is 1.86 bits per heavy atom. The van der Waals surface area contributed by atoms with Gasteiger partial charge in [0.2, 0.25) is 0 Å². The fraction of sp³-hybridized carbons (Fsp3) is 0.235. The summed E-state index contributed by atoms with van der Waals surface area (Å²) < 4.78 is 1.79. The van der Waals surface area contributed by atoms with Crippen LogP contribution in [0.5, 0.6) is 0 Å². The standard InChI is InChI=1S/C17H15N5/c1-3-13-10-21(11-13)16-9-8-15-18-19-17(22(15)20-16)14-6-4-12(2)5-7-14/h1,4-9,13H,10-11H2,2H3. The van der Waals surface area contributed by atoms with Gasteiger partial charge in [0.1, 0.15) is 5.82 Å². The molecule has 5 heteroatoms. The van der Waals surface area contributed by atoms with E-state index in [1.807, 2.05) is 24.3 Å². The van der Waals surface area contributed by atoms with Gasteiger partial charge in [-0.05, 0) is 19.1 Å². The zero-order valence-electron chi connectivity index (χ0n) is 12.3. The van der Waals surface area contributed by atoms with Crippen molar-refractivity contribution in [1.82, 2.24) is 19.8 Å². The van der Waals surface area contributed by atoms with Crippen LogP contribution in [-0.4, -0.2) is 32.9 Å². The molecule has 0 aliphatic carbocycles. The molecule has 22 heavy (non-hydrogen) atoms. The van der Waals surface area contributed by atoms with Gasteiger partial charge in [-0.15, -0.1) is 21.7 Å². The Balaban J connectivity index is 1.74. The lowest BCUT2D eigenvalue weighted by Gasteiger charge is -2.37. The lowest BCUT2D eigenvalue weighted by atomic mass is 10.0. The molecule has 0 unspecified atom stereocenters. The topological polar surface area (TPSA) is 46.3 Å². The molecule has 1 fully saturated rings. The maximum absolute atomic E-state index is 5.44. The second-order valence-corrected chi connectivity index (χ2v) is 5.62. The van der Waals surface area contributed by atoms with E-state index in [9.17, 15) is 0 Å². The third kappa shape index (κ3) is 2.01. The summed E-state index contributed by atoms with van der Waals surface area (Å²) in [6.45, 7) is 3.78. The average Bonchev–Trinajstić information content (AvgIpc) is 2.90. The maximum atomic E-state index is 5.44. The number of benzene rings is 1. The monoisotopic (exact) mass is 289 g/mol. The molecule has 0 N–H and O–H groups in total. The Bertz CT molecular complexity index is 866. The number of aryl methyl sites for hydroxylation is 1. The molecule has 0 radical (unpaired) electrons. The van der Waals surface area contributed by atoms with Crippen molar-refractivity contribution in [1.29, 1.82) is 0 Å². The van der Waals surface area contributed by atoms with Crippen molar-refractivity contribution in [3.8, 4) is 23.7 Å². The molecular formula is C17H15N5. The number of rotatable bonds is 2. The first-order chi connectivity index (χ1) is 10.7. The van der Waals surface area contributed by atoms with Gasteiger partial charge in [-0.3, -0.25) is 0 Å². The van der Waals surface area contributed by atoms with Gasteiger partial charge in [-0.2, -0.15) is 4.52 Å². The van der Waals surface area contributed by atoms with Crippen molar-refractivity contribution in [2.45, 2.75) is 6.92 Å². The Morgan fingerprint density at radius 1 is 1.09 bits per heavy atom. The summed E-state index contributed by atoms with van der Waals surface area (Å²) >= 11 is 0. The zero-order chi connectivity index (χ0) is 15.1. The van der Waals surface area contributed by atoms with Crippen molar-refractivity contribution in [2.24, 2.45) is 5.92 Å². The first kappa shape index (κ1) is 12.8. The van der Waals surface area contributed by atoms with Crippen molar-refractivity contribution >= 4 is 11.5 Å². The minimum Gasteiger partial charge on any atom is -0.353 e. The van der Waals surface area contributed by atoms with E-state index in [1.54, 1.807) is 4.52 Å². The van der Waals surface area contributed by atoms with Crippen LogP contribution in [0.4, 0.5) is 5.82 Å². The molecule has 1 aromatic carbocycles. The first-order valence-corrected chi connectivity index (χ1v) is 7.25. The highest BCUT2D eigenvalue weighted by molar-refractivity contribution is 5.60. The SMILES string of the molecule is C#CC1CN(c2ccc3nnc(-c4ccc(C)cc4)n3n2)C1. The number of terminal acetylenes is 1. The molecule has 0 spiro atoms. The van der Waals surface area contributed by atoms with Crippen molar-refractivity contribution in [3.63, 3.8) is 0 Å². The lowest BCUT2D eigenvalue weighted by molar-refractivity contribution is 0.502. The third-order valence-corrected chi connectivity index (χ3v) is 4.00. The van der Waals surface area contributed by atoms with E-state index in [0.29, 0.717) is 5.92 Å². The minimum absolute atomic E-state index is 0.329. The molecule has 0 atom stereocenters. The van der Waals surface area contributed by atoms with Crippen LogP contribution in [0.15, 0.2) is 36.4 Å². The number of fused-ring (bicyclic) bond motifs is 1. The van der Waals surface area contributed by atoms with Crippen molar-refractivity contribution < 1.29 is 0 Å². The van der Waals surface area contributed by atoms with Crippen LogP contribution in [-0.2, 0) is 0 Å². The van der Waals surface area contributed by atoms with E-state index in [0.717, 1.165) is 35.9 Å². The van der Waals surface area contributed by atoms with Crippen LogP contribution in [0.2, 0.25) is 0 Å². The van der Waals surface area contributed by atoms with Gasteiger partial charge >= 0.3 is 0 Å². The van der Waals surface area contributed by atoms with Crippen LogP contribution in [0.25, 0.3) is 17.0 Å². The third-order valence-electron chi connectivity index (χ3n) is 4.00. The molecule has 0 bridgehead atoms. The van der Waals surface area contributed by atoms with E-state index in [1.165, 1.54) is 5.56 Å². The van der Waals surface area contributed by atoms with E-state index >= 15 is 0 Å². The molecule has 0 saturated carbocycles. The lowest BCUT2D eigenvalue weighted by Crippen LogP contribution is -2.46. The highest BCUT2D eigenvalue weighted by Gasteiger charge is 2.26. The number of aromatic nitrogens is 4. The highest BCUT2D eigenvalue weighted by Crippen LogP contribution is 2.24. The summed E-state index contributed by atoms with van der Waals surface area (Å²) in [4.78, 5) is 2.17. The van der Waals surface area contributed by atoms with Gasteiger partial charge in [0.25, 0.3) is 0 Å². The smallest absolute Gasteiger partial charge is 0.185 e. The molecule has 1 saturated heterocycles. The number of anilines is 1. The zero-order valence-corrected chi connectivity index (χ0v) is 12.3. The van der Waals surface area contributed by atoms with Gasteiger partial charge in [0.15, 0.2) is 11.5 Å². The van der Waals surface area contributed by atoms with Gasteiger partial charge in [0.05, 0.1) is 5.92 Å². The normalized spacial score (nSPS) is 14.8. The van der Waals surface area contributed by atoms with E-state index in [-0.39, 0.29) is 0 Å². The summed E-state index contributed by atoms with van der Waals surface area (Å²) in [5.74, 6) is 4.77. The molecule has 3 aromatic rings. The quantitative estimate of drug-likeness (QED) is 0.678. The predicted molar refractivity (Wildman–Crippen MR) is 85.5 cm³/mol. The molecular weight excluding hydrogens is 274 g/mol. The second-order valence-electron chi connectivity index (χ2n) is 5.62. The summed E-state index contributed by atoms with van der Waals surface area (Å²) in [6.07, 6.45) is 5.44. The van der Waals surface area contributed by atoms with E-state index in [2.05, 4.69) is 45.2 Å². The molecule has 108 valence electrons. The summed E-state index contributed by atoms with van der Waals surface area (Å²) in [6, 6.07) is 12.1. The van der Waals surface area contributed by atoms with Crippen LogP contribution >= 0.6 is 0 Å². The highest BCUT2D eigenvalue weighted by atomic mass is 15.4. The van der Waals surface area contributed by atoms with Gasteiger partial charge < -0.3 is 4.90 Å². The summed E-state index contributed by atoms with van der Waals surface area (Å²) in [5, 5.41) is 13.1. The van der Waals surface area contributed by atoms with Crippen molar-refractivity contribution in [2.75, 3.05) is 18.0 Å².